The maximum absolute atomic E-state index is 12.9. The Balaban J connectivity index is 2.11. The lowest BCUT2D eigenvalue weighted by atomic mass is 10.0. The van der Waals surface area contributed by atoms with Crippen molar-refractivity contribution in [3.8, 4) is 5.75 Å². The highest BCUT2D eigenvalue weighted by Gasteiger charge is 2.25. The number of nitrogens with zero attached hydrogens (tertiary/aromatic N) is 1. The quantitative estimate of drug-likeness (QED) is 0.791. The first-order valence-electron chi connectivity index (χ1n) is 8.85. The minimum Gasteiger partial charge on any atom is -0.494 e. The van der Waals surface area contributed by atoms with Gasteiger partial charge in [0.05, 0.1) is 12.6 Å². The maximum Gasteiger partial charge on any atom is 0.242 e. The number of carbonyl (C=O) groups excluding carboxylic acids is 1. The highest BCUT2D eigenvalue weighted by molar-refractivity contribution is 5.83. The molecule has 0 aromatic heterocycles. The molecule has 0 spiro atoms. The van der Waals surface area contributed by atoms with Crippen LogP contribution in [-0.4, -0.2) is 31.0 Å². The predicted molar refractivity (Wildman–Crippen MR) is 102 cm³/mol. The Labute approximate surface area is 150 Å². The van der Waals surface area contributed by atoms with E-state index in [0.717, 1.165) is 23.4 Å². The Kier molecular flexibility index (Phi) is 7.02. The van der Waals surface area contributed by atoms with Crippen LogP contribution in [0.1, 0.15) is 44.0 Å². The van der Waals surface area contributed by atoms with Gasteiger partial charge in [0, 0.05) is 0 Å². The summed E-state index contributed by atoms with van der Waals surface area (Å²) in [4.78, 5) is 15.0. The van der Waals surface area contributed by atoms with Crippen LogP contribution < -0.4 is 10.1 Å². The standard InChI is InChI=1S/C21H28N2O2/c1-5-23(4)20(18-10-8-7-9-11-18)21(24)22-16(3)17-12-14-19(15-13-17)25-6-2/h7-16,20H,5-6H2,1-4H3,(H,22,24). The number of rotatable bonds is 8. The van der Waals surface area contributed by atoms with Crippen LogP contribution in [0.2, 0.25) is 0 Å². The van der Waals surface area contributed by atoms with Crippen molar-refractivity contribution in [1.82, 2.24) is 10.2 Å². The summed E-state index contributed by atoms with van der Waals surface area (Å²) < 4.78 is 5.47. The number of likely N-dealkylation sites (N-methyl/N-ethyl adjacent to an activating group) is 1. The lowest BCUT2D eigenvalue weighted by Crippen LogP contribution is -2.39. The van der Waals surface area contributed by atoms with Gasteiger partial charge in [0.15, 0.2) is 0 Å². The molecule has 0 heterocycles. The van der Waals surface area contributed by atoms with Crippen LogP contribution in [0.3, 0.4) is 0 Å². The van der Waals surface area contributed by atoms with Crippen molar-refractivity contribution in [2.24, 2.45) is 0 Å². The average molecular weight is 340 g/mol. The van der Waals surface area contributed by atoms with Gasteiger partial charge in [0.25, 0.3) is 0 Å². The van der Waals surface area contributed by atoms with Gasteiger partial charge < -0.3 is 10.1 Å². The third kappa shape index (κ3) is 5.07. The molecule has 0 saturated heterocycles. The summed E-state index contributed by atoms with van der Waals surface area (Å²) in [6.45, 7) is 7.46. The molecule has 2 aromatic carbocycles. The summed E-state index contributed by atoms with van der Waals surface area (Å²) in [5.41, 5.74) is 2.06. The van der Waals surface area contributed by atoms with Crippen LogP contribution >= 0.6 is 0 Å². The summed E-state index contributed by atoms with van der Waals surface area (Å²) in [5, 5.41) is 3.14. The first-order valence-corrected chi connectivity index (χ1v) is 8.85. The van der Waals surface area contributed by atoms with Crippen molar-refractivity contribution in [3.63, 3.8) is 0 Å². The average Bonchev–Trinajstić information content (AvgIpc) is 2.63. The zero-order valence-corrected chi connectivity index (χ0v) is 15.5. The van der Waals surface area contributed by atoms with Crippen LogP contribution in [0.4, 0.5) is 0 Å². The van der Waals surface area contributed by atoms with Gasteiger partial charge in [-0.15, -0.1) is 0 Å². The second-order valence-electron chi connectivity index (χ2n) is 6.12. The Morgan fingerprint density at radius 3 is 2.24 bits per heavy atom. The van der Waals surface area contributed by atoms with Gasteiger partial charge in [-0.1, -0.05) is 49.4 Å². The fourth-order valence-corrected chi connectivity index (χ4v) is 2.82. The zero-order chi connectivity index (χ0) is 18.2. The number of hydrogen-bond acceptors (Lipinski definition) is 3. The van der Waals surface area contributed by atoms with E-state index in [4.69, 9.17) is 4.74 Å². The molecule has 2 rings (SSSR count). The van der Waals surface area contributed by atoms with Crippen molar-refractivity contribution in [2.75, 3.05) is 20.2 Å². The Morgan fingerprint density at radius 1 is 1.04 bits per heavy atom. The lowest BCUT2D eigenvalue weighted by molar-refractivity contribution is -0.126. The van der Waals surface area contributed by atoms with E-state index in [1.165, 1.54) is 0 Å². The smallest absolute Gasteiger partial charge is 0.242 e. The van der Waals surface area contributed by atoms with Crippen molar-refractivity contribution in [1.29, 1.82) is 0 Å². The van der Waals surface area contributed by atoms with Gasteiger partial charge in [0.2, 0.25) is 5.91 Å². The third-order valence-corrected chi connectivity index (χ3v) is 4.35. The minimum absolute atomic E-state index is 0.0111. The van der Waals surface area contributed by atoms with E-state index in [1.54, 1.807) is 0 Å². The van der Waals surface area contributed by atoms with Gasteiger partial charge in [-0.3, -0.25) is 9.69 Å². The van der Waals surface area contributed by atoms with E-state index in [0.29, 0.717) is 6.61 Å². The van der Waals surface area contributed by atoms with Crippen LogP contribution in [-0.2, 0) is 4.79 Å². The minimum atomic E-state index is -0.295. The SMILES string of the molecule is CCOc1ccc(C(C)NC(=O)C(c2ccccc2)N(C)CC)cc1. The summed E-state index contributed by atoms with van der Waals surface area (Å²) in [7, 11) is 1.97. The summed E-state index contributed by atoms with van der Waals surface area (Å²) in [6.07, 6.45) is 0. The molecular weight excluding hydrogens is 312 g/mol. The molecule has 4 heteroatoms. The summed E-state index contributed by atoms with van der Waals surface area (Å²) >= 11 is 0. The number of nitrogens with one attached hydrogen (secondary N) is 1. The molecule has 0 radical (unpaired) electrons. The first-order chi connectivity index (χ1) is 12.1. The fraction of sp³-hybridized carbons (Fsp3) is 0.381. The molecule has 134 valence electrons. The summed E-state index contributed by atoms with van der Waals surface area (Å²) in [5.74, 6) is 0.856. The van der Waals surface area contributed by atoms with Gasteiger partial charge in [-0.05, 0) is 50.7 Å². The van der Waals surface area contributed by atoms with Crippen LogP contribution in [0, 0.1) is 0 Å². The van der Waals surface area contributed by atoms with Gasteiger partial charge in [0.1, 0.15) is 11.8 Å². The largest absolute Gasteiger partial charge is 0.494 e. The summed E-state index contributed by atoms with van der Waals surface area (Å²) in [6, 6.07) is 17.4. The fourth-order valence-electron chi connectivity index (χ4n) is 2.82. The molecule has 0 fully saturated rings. The van der Waals surface area contributed by atoms with Crippen LogP contribution in [0.25, 0.3) is 0 Å². The molecule has 0 aliphatic carbocycles. The van der Waals surface area contributed by atoms with Crippen molar-refractivity contribution >= 4 is 5.91 Å². The number of carbonyl (C=O) groups is 1. The van der Waals surface area contributed by atoms with Gasteiger partial charge >= 0.3 is 0 Å². The third-order valence-electron chi connectivity index (χ3n) is 4.35. The molecule has 2 atom stereocenters. The van der Waals surface area contributed by atoms with Gasteiger partial charge in [-0.25, -0.2) is 0 Å². The highest BCUT2D eigenvalue weighted by atomic mass is 16.5. The van der Waals surface area contributed by atoms with Crippen molar-refractivity contribution < 1.29 is 9.53 Å². The Bertz CT molecular complexity index is 655. The lowest BCUT2D eigenvalue weighted by Gasteiger charge is -2.28. The number of hydrogen-bond donors (Lipinski definition) is 1. The van der Waals surface area contributed by atoms with E-state index in [-0.39, 0.29) is 18.0 Å². The molecule has 2 aromatic rings. The monoisotopic (exact) mass is 340 g/mol. The number of ether oxygens (including phenoxy) is 1. The number of benzene rings is 2. The number of amides is 1. The van der Waals surface area contributed by atoms with E-state index < -0.39 is 0 Å². The van der Waals surface area contributed by atoms with Crippen molar-refractivity contribution in [3.05, 3.63) is 65.7 Å². The molecule has 0 saturated carbocycles. The molecule has 2 unspecified atom stereocenters. The maximum atomic E-state index is 12.9. The van der Waals surface area contributed by atoms with E-state index in [9.17, 15) is 4.79 Å². The first kappa shape index (κ1) is 19.0. The predicted octanol–water partition coefficient (Wildman–Crippen LogP) is 3.96. The second-order valence-corrected chi connectivity index (χ2v) is 6.12. The van der Waals surface area contributed by atoms with E-state index in [2.05, 4.69) is 17.1 Å². The molecule has 4 nitrogen and oxygen atoms in total. The second kappa shape index (κ2) is 9.23. The molecule has 1 amide bonds. The van der Waals surface area contributed by atoms with E-state index in [1.807, 2.05) is 75.5 Å². The topological polar surface area (TPSA) is 41.6 Å². The molecular formula is C21H28N2O2. The molecule has 0 aliphatic rings. The zero-order valence-electron chi connectivity index (χ0n) is 15.5. The van der Waals surface area contributed by atoms with Crippen LogP contribution in [0.15, 0.2) is 54.6 Å². The Morgan fingerprint density at radius 2 is 1.68 bits per heavy atom. The van der Waals surface area contributed by atoms with Crippen molar-refractivity contribution in [2.45, 2.75) is 32.9 Å². The van der Waals surface area contributed by atoms with Gasteiger partial charge in [-0.2, -0.15) is 0 Å². The molecule has 25 heavy (non-hydrogen) atoms. The highest BCUT2D eigenvalue weighted by Crippen LogP contribution is 2.22. The molecule has 1 N–H and O–H groups in total. The molecule has 0 aliphatic heterocycles. The normalized spacial score (nSPS) is 13.3. The van der Waals surface area contributed by atoms with Crippen LogP contribution in [0.5, 0.6) is 5.75 Å². The van der Waals surface area contributed by atoms with E-state index >= 15 is 0 Å². The molecule has 0 bridgehead atoms. The Hall–Kier alpha value is -2.33.